The summed E-state index contributed by atoms with van der Waals surface area (Å²) < 4.78 is 0. The Morgan fingerprint density at radius 2 is 1.67 bits per heavy atom. The van der Waals surface area contributed by atoms with E-state index in [2.05, 4.69) is 11.8 Å². The van der Waals surface area contributed by atoms with Crippen LogP contribution in [0.25, 0.3) is 0 Å². The summed E-state index contributed by atoms with van der Waals surface area (Å²) in [5.41, 5.74) is 0. The van der Waals surface area contributed by atoms with Crippen LogP contribution in [0.3, 0.4) is 0 Å². The summed E-state index contributed by atoms with van der Waals surface area (Å²) >= 11 is 0. The number of carboxylic acid groups (broad SMARTS) is 1. The van der Waals surface area contributed by atoms with Crippen LogP contribution in [0.15, 0.2) is 0 Å². The lowest BCUT2D eigenvalue weighted by Crippen LogP contribution is -2.36. The minimum atomic E-state index is -0.749. The molecule has 0 aromatic heterocycles. The van der Waals surface area contributed by atoms with Gasteiger partial charge in [0.15, 0.2) is 0 Å². The van der Waals surface area contributed by atoms with E-state index in [0.717, 1.165) is 26.2 Å². The van der Waals surface area contributed by atoms with Crippen LogP contribution in [-0.4, -0.2) is 60.6 Å². The van der Waals surface area contributed by atoms with Gasteiger partial charge < -0.3 is 10.0 Å². The first-order valence-electron chi connectivity index (χ1n) is 5.72. The van der Waals surface area contributed by atoms with Crippen LogP contribution >= 0.6 is 0 Å². The van der Waals surface area contributed by atoms with Gasteiger partial charge in [-0.1, -0.05) is 27.7 Å². The minimum absolute atomic E-state index is 0.147. The molecule has 0 heterocycles. The number of likely N-dealkylation sites (N-methyl/N-ethyl adjacent to an activating group) is 2. The van der Waals surface area contributed by atoms with Crippen molar-refractivity contribution >= 4 is 5.97 Å². The van der Waals surface area contributed by atoms with Gasteiger partial charge in [0.25, 0.3) is 0 Å². The molecule has 15 heavy (non-hydrogen) atoms. The molecule has 0 aromatic rings. The molecule has 0 aromatic carbocycles. The Hall–Kier alpha value is -0.610. The Kier molecular flexibility index (Phi) is 12.8. The van der Waals surface area contributed by atoms with Crippen molar-refractivity contribution in [2.45, 2.75) is 27.7 Å². The lowest BCUT2D eigenvalue weighted by atomic mass is 10.4. The molecule has 0 atom stereocenters. The van der Waals surface area contributed by atoms with Gasteiger partial charge in [-0.25, -0.2) is 0 Å². The average molecular weight is 218 g/mol. The molecule has 0 saturated carbocycles. The third-order valence-electron chi connectivity index (χ3n) is 2.14. The summed E-state index contributed by atoms with van der Waals surface area (Å²) in [6, 6.07) is 0. The maximum atomic E-state index is 10.4. The molecule has 0 aliphatic carbocycles. The molecule has 4 nitrogen and oxygen atoms in total. The number of hydrogen-bond donors (Lipinski definition) is 1. The van der Waals surface area contributed by atoms with Gasteiger partial charge in [-0.15, -0.1) is 0 Å². The highest BCUT2D eigenvalue weighted by Crippen LogP contribution is 1.89. The second-order valence-corrected chi connectivity index (χ2v) is 3.16. The third kappa shape index (κ3) is 11.3. The number of carbonyl (C=O) groups is 1. The SMILES string of the molecule is CC.CCN(C)CCN(CC)CC(=O)O. The molecule has 0 rings (SSSR count). The number of rotatable bonds is 7. The highest BCUT2D eigenvalue weighted by atomic mass is 16.4. The number of nitrogens with zero attached hydrogens (tertiary/aromatic N) is 2. The van der Waals surface area contributed by atoms with Crippen LogP contribution in [0.4, 0.5) is 0 Å². The summed E-state index contributed by atoms with van der Waals surface area (Å²) in [4.78, 5) is 14.5. The summed E-state index contributed by atoms with van der Waals surface area (Å²) in [5.74, 6) is -0.749. The second kappa shape index (κ2) is 11.5. The first kappa shape index (κ1) is 16.8. The largest absolute Gasteiger partial charge is 0.480 e. The van der Waals surface area contributed by atoms with Crippen molar-refractivity contribution in [1.82, 2.24) is 9.80 Å². The fraction of sp³-hybridized carbons (Fsp3) is 0.909. The predicted molar refractivity (Wildman–Crippen MR) is 64.3 cm³/mol. The molecule has 0 aliphatic rings. The molecular formula is C11H26N2O2. The van der Waals surface area contributed by atoms with Crippen molar-refractivity contribution in [2.75, 3.05) is 39.8 Å². The number of hydrogen-bond acceptors (Lipinski definition) is 3. The highest BCUT2D eigenvalue weighted by Gasteiger charge is 2.07. The van der Waals surface area contributed by atoms with Gasteiger partial charge in [0.05, 0.1) is 6.54 Å². The fourth-order valence-electron chi connectivity index (χ4n) is 1.01. The number of aliphatic carboxylic acids is 1. The zero-order chi connectivity index (χ0) is 12.3. The van der Waals surface area contributed by atoms with Gasteiger partial charge >= 0.3 is 5.97 Å². The molecular weight excluding hydrogens is 192 g/mol. The topological polar surface area (TPSA) is 43.8 Å². The molecule has 0 unspecified atom stereocenters. The van der Waals surface area contributed by atoms with E-state index in [-0.39, 0.29) is 6.54 Å². The molecule has 0 fully saturated rings. The van der Waals surface area contributed by atoms with E-state index in [1.54, 1.807) is 0 Å². The van der Waals surface area contributed by atoms with Gasteiger partial charge in [0, 0.05) is 13.1 Å². The quantitative estimate of drug-likeness (QED) is 0.701. The Balaban J connectivity index is 0. The van der Waals surface area contributed by atoms with Crippen molar-refractivity contribution in [3.05, 3.63) is 0 Å². The molecule has 0 radical (unpaired) electrons. The average Bonchev–Trinajstić information content (AvgIpc) is 2.25. The Morgan fingerprint density at radius 3 is 2.00 bits per heavy atom. The van der Waals surface area contributed by atoms with E-state index in [1.165, 1.54) is 0 Å². The lowest BCUT2D eigenvalue weighted by molar-refractivity contribution is -0.138. The lowest BCUT2D eigenvalue weighted by Gasteiger charge is -2.21. The first-order valence-corrected chi connectivity index (χ1v) is 5.72. The highest BCUT2D eigenvalue weighted by molar-refractivity contribution is 5.69. The Bertz CT molecular complexity index is 152. The number of carboxylic acids is 1. The van der Waals surface area contributed by atoms with Crippen LogP contribution in [-0.2, 0) is 4.79 Å². The van der Waals surface area contributed by atoms with Gasteiger partial charge in [0.2, 0.25) is 0 Å². The van der Waals surface area contributed by atoms with Gasteiger partial charge in [0.1, 0.15) is 0 Å². The van der Waals surface area contributed by atoms with E-state index >= 15 is 0 Å². The van der Waals surface area contributed by atoms with Crippen molar-refractivity contribution in [1.29, 1.82) is 0 Å². The maximum absolute atomic E-state index is 10.4. The molecule has 4 heteroatoms. The Morgan fingerprint density at radius 1 is 1.13 bits per heavy atom. The zero-order valence-electron chi connectivity index (χ0n) is 10.8. The molecule has 0 spiro atoms. The maximum Gasteiger partial charge on any atom is 0.317 e. The fourth-order valence-corrected chi connectivity index (χ4v) is 1.01. The van der Waals surface area contributed by atoms with Gasteiger partial charge in [-0.05, 0) is 20.1 Å². The summed E-state index contributed by atoms with van der Waals surface area (Å²) in [7, 11) is 2.04. The van der Waals surface area contributed by atoms with E-state index in [4.69, 9.17) is 5.11 Å². The molecule has 0 aliphatic heterocycles. The summed E-state index contributed by atoms with van der Waals surface area (Å²) in [6.45, 7) is 11.8. The van der Waals surface area contributed by atoms with E-state index < -0.39 is 5.97 Å². The molecule has 0 amide bonds. The van der Waals surface area contributed by atoms with Gasteiger partial charge in [-0.3, -0.25) is 9.69 Å². The minimum Gasteiger partial charge on any atom is -0.480 e. The molecule has 92 valence electrons. The first-order chi connectivity index (χ1) is 7.10. The normalized spacial score (nSPS) is 10.1. The summed E-state index contributed by atoms with van der Waals surface area (Å²) in [5, 5.41) is 8.58. The second-order valence-electron chi connectivity index (χ2n) is 3.16. The van der Waals surface area contributed by atoms with Gasteiger partial charge in [-0.2, -0.15) is 0 Å². The van der Waals surface area contributed by atoms with Crippen LogP contribution in [0.2, 0.25) is 0 Å². The summed E-state index contributed by atoms with van der Waals surface area (Å²) in [6.07, 6.45) is 0. The van der Waals surface area contributed by atoms with E-state index in [1.807, 2.05) is 32.7 Å². The van der Waals surface area contributed by atoms with Crippen molar-refractivity contribution in [3.63, 3.8) is 0 Å². The van der Waals surface area contributed by atoms with Crippen LogP contribution in [0.1, 0.15) is 27.7 Å². The standard InChI is InChI=1S/C9H20N2O2.C2H6/c1-4-10(3)6-7-11(5-2)8-9(12)13;1-2/h4-8H2,1-3H3,(H,12,13);1-2H3. The smallest absolute Gasteiger partial charge is 0.317 e. The predicted octanol–water partition coefficient (Wildman–Crippen LogP) is 1.37. The molecule has 0 bridgehead atoms. The molecule has 0 saturated heterocycles. The van der Waals surface area contributed by atoms with Crippen molar-refractivity contribution < 1.29 is 9.90 Å². The van der Waals surface area contributed by atoms with Crippen LogP contribution in [0, 0.1) is 0 Å². The Labute approximate surface area is 93.9 Å². The van der Waals surface area contributed by atoms with Crippen LogP contribution in [0.5, 0.6) is 0 Å². The van der Waals surface area contributed by atoms with Crippen molar-refractivity contribution in [2.24, 2.45) is 0 Å². The zero-order valence-corrected chi connectivity index (χ0v) is 10.8. The third-order valence-corrected chi connectivity index (χ3v) is 2.14. The van der Waals surface area contributed by atoms with E-state index in [9.17, 15) is 4.79 Å². The monoisotopic (exact) mass is 218 g/mol. The van der Waals surface area contributed by atoms with Crippen molar-refractivity contribution in [3.8, 4) is 0 Å². The van der Waals surface area contributed by atoms with E-state index in [0.29, 0.717) is 0 Å². The molecule has 1 N–H and O–H groups in total. The van der Waals surface area contributed by atoms with Crippen LogP contribution < -0.4 is 0 Å².